The van der Waals surface area contributed by atoms with Crippen molar-refractivity contribution in [3.8, 4) is 0 Å². The summed E-state index contributed by atoms with van der Waals surface area (Å²) in [5, 5.41) is 8.91. The Hall–Kier alpha value is -3.16. The van der Waals surface area contributed by atoms with Gasteiger partial charge >= 0.3 is 11.7 Å². The molecule has 0 aliphatic heterocycles. The van der Waals surface area contributed by atoms with Crippen LogP contribution in [0, 0.1) is 0 Å². The van der Waals surface area contributed by atoms with Gasteiger partial charge in [-0.05, 0) is 17.7 Å². The van der Waals surface area contributed by atoms with Crippen molar-refractivity contribution in [3.63, 3.8) is 0 Å². The molecule has 0 spiro atoms. The monoisotopic (exact) mass is 314 g/mol. The Labute approximate surface area is 129 Å². The van der Waals surface area contributed by atoms with E-state index in [1.54, 1.807) is 23.7 Å². The van der Waals surface area contributed by atoms with Crippen LogP contribution in [-0.2, 0) is 20.6 Å². The van der Waals surface area contributed by atoms with Gasteiger partial charge in [0.1, 0.15) is 0 Å². The number of carbonyl (C=O) groups is 1. The maximum atomic E-state index is 12.3. The molecule has 0 radical (unpaired) electrons. The van der Waals surface area contributed by atoms with Crippen LogP contribution in [0.5, 0.6) is 0 Å². The lowest BCUT2D eigenvalue weighted by molar-refractivity contribution is 0.0697. The van der Waals surface area contributed by atoms with E-state index in [0.717, 1.165) is 10.1 Å². The third-order valence-corrected chi connectivity index (χ3v) is 3.77. The Kier molecular flexibility index (Phi) is 3.36. The van der Waals surface area contributed by atoms with Gasteiger partial charge in [-0.2, -0.15) is 0 Å². The number of hydrogen-bond acceptors (Lipinski definition) is 4. The smallest absolute Gasteiger partial charge is 0.335 e. The molecule has 3 rings (SSSR count). The van der Waals surface area contributed by atoms with Gasteiger partial charge in [-0.1, -0.05) is 12.1 Å². The van der Waals surface area contributed by atoms with Crippen molar-refractivity contribution in [2.45, 2.75) is 6.54 Å². The van der Waals surface area contributed by atoms with Gasteiger partial charge in [0.15, 0.2) is 11.2 Å². The molecule has 0 saturated carbocycles. The summed E-state index contributed by atoms with van der Waals surface area (Å²) >= 11 is 0. The Morgan fingerprint density at radius 1 is 1.13 bits per heavy atom. The fraction of sp³-hybridized carbons (Fsp3) is 0.200. The number of aromatic carboxylic acids is 1. The van der Waals surface area contributed by atoms with Crippen LogP contribution in [0.25, 0.3) is 11.2 Å². The molecule has 0 atom stereocenters. The zero-order chi connectivity index (χ0) is 16.7. The normalized spacial score (nSPS) is 11.0. The fourth-order valence-electron chi connectivity index (χ4n) is 2.47. The maximum absolute atomic E-state index is 12.3. The lowest BCUT2D eigenvalue weighted by Gasteiger charge is -2.07. The summed E-state index contributed by atoms with van der Waals surface area (Å²) in [6, 6.07) is 6.37. The van der Waals surface area contributed by atoms with E-state index in [1.807, 2.05) is 0 Å². The van der Waals surface area contributed by atoms with Gasteiger partial charge in [-0.3, -0.25) is 13.9 Å². The summed E-state index contributed by atoms with van der Waals surface area (Å²) in [6.07, 6.45) is 1.50. The molecule has 1 N–H and O–H groups in total. The Morgan fingerprint density at radius 3 is 2.39 bits per heavy atom. The first-order chi connectivity index (χ1) is 10.9. The minimum Gasteiger partial charge on any atom is -0.478 e. The average molecular weight is 314 g/mol. The van der Waals surface area contributed by atoms with Crippen molar-refractivity contribution in [3.05, 3.63) is 62.6 Å². The Balaban J connectivity index is 2.09. The van der Waals surface area contributed by atoms with Crippen LogP contribution in [0.4, 0.5) is 0 Å². The molecule has 118 valence electrons. The molecule has 0 aliphatic rings. The zero-order valence-corrected chi connectivity index (χ0v) is 12.6. The highest BCUT2D eigenvalue weighted by Crippen LogP contribution is 2.11. The highest BCUT2D eigenvalue weighted by atomic mass is 16.4. The molecule has 0 fully saturated rings. The number of aryl methyl sites for hydroxylation is 1. The van der Waals surface area contributed by atoms with E-state index >= 15 is 0 Å². The molecule has 8 nitrogen and oxygen atoms in total. The summed E-state index contributed by atoms with van der Waals surface area (Å²) in [4.78, 5) is 39.2. The van der Waals surface area contributed by atoms with E-state index in [2.05, 4.69) is 4.98 Å². The second-order valence-electron chi connectivity index (χ2n) is 5.25. The topological polar surface area (TPSA) is 99.1 Å². The zero-order valence-electron chi connectivity index (χ0n) is 12.6. The summed E-state index contributed by atoms with van der Waals surface area (Å²) in [6.45, 7) is 0.351. The standard InChI is InChI=1S/C15H14N4O4/c1-17-12-11(13(20)18(2)15(17)23)19(8-16-12)7-9-3-5-10(6-4-9)14(21)22/h3-6,8H,7H2,1-2H3,(H,21,22). The quantitative estimate of drug-likeness (QED) is 0.743. The molecule has 2 heterocycles. The fourth-order valence-corrected chi connectivity index (χ4v) is 2.47. The van der Waals surface area contributed by atoms with Gasteiger partial charge in [-0.25, -0.2) is 14.6 Å². The van der Waals surface area contributed by atoms with Crippen LogP contribution in [-0.4, -0.2) is 29.8 Å². The van der Waals surface area contributed by atoms with Crippen molar-refractivity contribution in [1.29, 1.82) is 0 Å². The second-order valence-corrected chi connectivity index (χ2v) is 5.25. The molecular formula is C15H14N4O4. The molecule has 0 saturated heterocycles. The molecular weight excluding hydrogens is 300 g/mol. The van der Waals surface area contributed by atoms with Crippen molar-refractivity contribution in [2.24, 2.45) is 14.1 Å². The van der Waals surface area contributed by atoms with Gasteiger partial charge in [0.2, 0.25) is 0 Å². The molecule has 3 aromatic rings. The lowest BCUT2D eigenvalue weighted by Crippen LogP contribution is -2.37. The molecule has 23 heavy (non-hydrogen) atoms. The molecule has 2 aromatic heterocycles. The van der Waals surface area contributed by atoms with Crippen LogP contribution in [0.2, 0.25) is 0 Å². The van der Waals surface area contributed by atoms with Gasteiger partial charge in [-0.15, -0.1) is 0 Å². The average Bonchev–Trinajstić information content (AvgIpc) is 2.95. The summed E-state index contributed by atoms with van der Waals surface area (Å²) in [5.74, 6) is -0.992. The summed E-state index contributed by atoms with van der Waals surface area (Å²) < 4.78 is 4.00. The number of benzene rings is 1. The number of imidazole rings is 1. The predicted molar refractivity (Wildman–Crippen MR) is 82.7 cm³/mol. The van der Waals surface area contributed by atoms with Gasteiger partial charge in [0.25, 0.3) is 5.56 Å². The van der Waals surface area contributed by atoms with E-state index < -0.39 is 17.2 Å². The molecule has 0 amide bonds. The first-order valence-corrected chi connectivity index (χ1v) is 6.83. The predicted octanol–water partition coefficient (Wildman–Crippen LogP) is 0.180. The Morgan fingerprint density at radius 2 is 1.78 bits per heavy atom. The molecule has 0 aliphatic carbocycles. The summed E-state index contributed by atoms with van der Waals surface area (Å²) in [5.41, 5.74) is 0.825. The minimum absolute atomic E-state index is 0.197. The van der Waals surface area contributed by atoms with Gasteiger partial charge in [0, 0.05) is 20.6 Å². The third-order valence-electron chi connectivity index (χ3n) is 3.77. The summed E-state index contributed by atoms with van der Waals surface area (Å²) in [7, 11) is 2.98. The first-order valence-electron chi connectivity index (χ1n) is 6.83. The molecule has 0 unspecified atom stereocenters. The van der Waals surface area contributed by atoms with Crippen LogP contribution in [0.15, 0.2) is 40.2 Å². The van der Waals surface area contributed by atoms with E-state index in [9.17, 15) is 14.4 Å². The lowest BCUT2D eigenvalue weighted by atomic mass is 10.1. The van der Waals surface area contributed by atoms with E-state index in [4.69, 9.17) is 5.11 Å². The van der Waals surface area contributed by atoms with E-state index in [1.165, 1.54) is 30.1 Å². The van der Waals surface area contributed by atoms with E-state index in [-0.39, 0.29) is 5.56 Å². The third kappa shape index (κ3) is 2.33. The first kappa shape index (κ1) is 14.8. The number of carboxylic acids is 1. The van der Waals surface area contributed by atoms with Crippen molar-refractivity contribution in [1.82, 2.24) is 18.7 Å². The molecule has 0 bridgehead atoms. The number of aromatic nitrogens is 4. The molecule has 8 heteroatoms. The number of carboxylic acid groups (broad SMARTS) is 1. The van der Waals surface area contributed by atoms with Crippen LogP contribution in [0.3, 0.4) is 0 Å². The van der Waals surface area contributed by atoms with Crippen LogP contribution < -0.4 is 11.2 Å². The largest absolute Gasteiger partial charge is 0.478 e. The van der Waals surface area contributed by atoms with Gasteiger partial charge in [0.05, 0.1) is 11.9 Å². The van der Waals surface area contributed by atoms with Crippen molar-refractivity contribution < 1.29 is 9.90 Å². The van der Waals surface area contributed by atoms with Crippen molar-refractivity contribution in [2.75, 3.05) is 0 Å². The van der Waals surface area contributed by atoms with E-state index in [0.29, 0.717) is 17.7 Å². The SMILES string of the molecule is Cn1c(=O)c2c(ncn2Cc2ccc(C(=O)O)cc2)n(C)c1=O. The second kappa shape index (κ2) is 5.24. The minimum atomic E-state index is -0.992. The highest BCUT2D eigenvalue weighted by molar-refractivity contribution is 5.87. The highest BCUT2D eigenvalue weighted by Gasteiger charge is 2.14. The number of hydrogen-bond donors (Lipinski definition) is 1. The number of rotatable bonds is 3. The Bertz CT molecular complexity index is 1020. The number of fused-ring (bicyclic) bond motifs is 1. The van der Waals surface area contributed by atoms with Gasteiger partial charge < -0.3 is 9.67 Å². The van der Waals surface area contributed by atoms with Crippen molar-refractivity contribution >= 4 is 17.1 Å². The molecule has 1 aromatic carbocycles. The van der Waals surface area contributed by atoms with Crippen LogP contribution >= 0.6 is 0 Å². The number of nitrogens with zero attached hydrogens (tertiary/aromatic N) is 4. The van der Waals surface area contributed by atoms with Crippen LogP contribution in [0.1, 0.15) is 15.9 Å². The maximum Gasteiger partial charge on any atom is 0.335 e.